The maximum absolute atomic E-state index is 10.7. The minimum Gasteiger partial charge on any atom is -0.389 e. The Bertz CT molecular complexity index is 209. The molecule has 0 saturated carbocycles. The lowest BCUT2D eigenvalue weighted by Gasteiger charge is -2.47. The molecule has 0 aliphatic carbocycles. The molecule has 0 amide bonds. The standard InChI is InChI=1S/C11H21NO/c1-10(2,3)11(13)5-7-12-6-4-9(11)8-12/h9,13H,4-8H2,1-3H3. The fraction of sp³-hybridized carbons (Fsp3) is 1.00. The Morgan fingerprint density at radius 1 is 1.31 bits per heavy atom. The van der Waals surface area contributed by atoms with Crippen LogP contribution in [0.3, 0.4) is 0 Å². The molecule has 0 aromatic heterocycles. The molecule has 0 aromatic carbocycles. The van der Waals surface area contributed by atoms with Crippen molar-refractivity contribution in [3.63, 3.8) is 0 Å². The molecule has 2 heterocycles. The monoisotopic (exact) mass is 183 g/mol. The van der Waals surface area contributed by atoms with Crippen molar-refractivity contribution in [3.8, 4) is 0 Å². The lowest BCUT2D eigenvalue weighted by Crippen LogP contribution is -2.54. The summed E-state index contributed by atoms with van der Waals surface area (Å²) in [7, 11) is 0. The molecule has 2 fully saturated rings. The van der Waals surface area contributed by atoms with Crippen LogP contribution >= 0.6 is 0 Å². The van der Waals surface area contributed by atoms with Gasteiger partial charge in [-0.2, -0.15) is 0 Å². The van der Waals surface area contributed by atoms with E-state index in [4.69, 9.17) is 0 Å². The summed E-state index contributed by atoms with van der Waals surface area (Å²) in [6, 6.07) is 0. The Balaban J connectivity index is 2.22. The van der Waals surface area contributed by atoms with E-state index in [1.807, 2.05) is 0 Å². The number of fused-ring (bicyclic) bond motifs is 2. The molecule has 0 spiro atoms. The smallest absolute Gasteiger partial charge is 0.0748 e. The van der Waals surface area contributed by atoms with Crippen LogP contribution in [-0.2, 0) is 0 Å². The summed E-state index contributed by atoms with van der Waals surface area (Å²) in [6.07, 6.45) is 2.15. The topological polar surface area (TPSA) is 23.5 Å². The summed E-state index contributed by atoms with van der Waals surface area (Å²) in [6.45, 7) is 9.91. The summed E-state index contributed by atoms with van der Waals surface area (Å²) in [5.41, 5.74) is -0.381. The summed E-state index contributed by atoms with van der Waals surface area (Å²) in [5, 5.41) is 10.7. The first-order chi connectivity index (χ1) is 5.93. The van der Waals surface area contributed by atoms with E-state index in [9.17, 15) is 5.11 Å². The lowest BCUT2D eigenvalue weighted by molar-refractivity contribution is -0.122. The predicted octanol–water partition coefficient (Wildman–Crippen LogP) is 1.49. The average molecular weight is 183 g/mol. The second-order valence-electron chi connectivity index (χ2n) is 5.71. The van der Waals surface area contributed by atoms with Crippen LogP contribution in [0, 0.1) is 11.3 Å². The fourth-order valence-corrected chi connectivity index (χ4v) is 2.95. The molecule has 13 heavy (non-hydrogen) atoms. The van der Waals surface area contributed by atoms with Crippen LogP contribution < -0.4 is 0 Å². The molecular formula is C11H21NO. The first-order valence-electron chi connectivity index (χ1n) is 5.38. The second kappa shape index (κ2) is 2.71. The summed E-state index contributed by atoms with van der Waals surface area (Å²) >= 11 is 0. The average Bonchev–Trinajstić information content (AvgIpc) is 2.41. The van der Waals surface area contributed by atoms with Gasteiger partial charge in [-0.1, -0.05) is 20.8 Å². The van der Waals surface area contributed by atoms with E-state index < -0.39 is 5.60 Å². The zero-order valence-electron chi connectivity index (χ0n) is 9.01. The van der Waals surface area contributed by atoms with Crippen molar-refractivity contribution < 1.29 is 5.11 Å². The summed E-state index contributed by atoms with van der Waals surface area (Å²) in [5.74, 6) is 0.515. The van der Waals surface area contributed by atoms with E-state index in [0.29, 0.717) is 5.92 Å². The Kier molecular flexibility index (Phi) is 1.97. The maximum atomic E-state index is 10.7. The van der Waals surface area contributed by atoms with Crippen LogP contribution in [0.2, 0.25) is 0 Å². The SMILES string of the molecule is CC(C)(C)C1(O)CCN2CCC1C2. The first-order valence-corrected chi connectivity index (χ1v) is 5.38. The number of hydrogen-bond acceptors (Lipinski definition) is 2. The van der Waals surface area contributed by atoms with Gasteiger partial charge in [-0.3, -0.25) is 0 Å². The van der Waals surface area contributed by atoms with Crippen LogP contribution in [0.25, 0.3) is 0 Å². The van der Waals surface area contributed by atoms with Crippen molar-refractivity contribution >= 4 is 0 Å². The van der Waals surface area contributed by atoms with Gasteiger partial charge in [-0.25, -0.2) is 0 Å². The molecule has 2 bridgehead atoms. The molecule has 0 radical (unpaired) electrons. The van der Waals surface area contributed by atoms with Crippen molar-refractivity contribution in [2.75, 3.05) is 19.6 Å². The Labute approximate surface area is 80.9 Å². The van der Waals surface area contributed by atoms with Crippen LogP contribution in [0.4, 0.5) is 0 Å². The van der Waals surface area contributed by atoms with E-state index in [1.165, 1.54) is 13.0 Å². The second-order valence-corrected chi connectivity index (χ2v) is 5.71. The Morgan fingerprint density at radius 3 is 2.62 bits per heavy atom. The van der Waals surface area contributed by atoms with Crippen molar-refractivity contribution in [2.24, 2.45) is 11.3 Å². The highest BCUT2D eigenvalue weighted by Gasteiger charge is 2.51. The molecule has 1 N–H and O–H groups in total. The van der Waals surface area contributed by atoms with Gasteiger partial charge >= 0.3 is 0 Å². The van der Waals surface area contributed by atoms with Crippen molar-refractivity contribution in [1.29, 1.82) is 0 Å². The van der Waals surface area contributed by atoms with E-state index in [-0.39, 0.29) is 5.41 Å². The summed E-state index contributed by atoms with van der Waals surface area (Å²) in [4.78, 5) is 2.48. The molecule has 3 atom stereocenters. The van der Waals surface area contributed by atoms with Gasteiger partial charge in [0.15, 0.2) is 0 Å². The molecule has 76 valence electrons. The van der Waals surface area contributed by atoms with Crippen LogP contribution in [-0.4, -0.2) is 35.2 Å². The van der Waals surface area contributed by atoms with Gasteiger partial charge in [-0.05, 0) is 24.8 Å². The highest BCUT2D eigenvalue weighted by atomic mass is 16.3. The van der Waals surface area contributed by atoms with Gasteiger partial charge in [0.25, 0.3) is 0 Å². The van der Waals surface area contributed by atoms with E-state index in [1.54, 1.807) is 0 Å². The van der Waals surface area contributed by atoms with Crippen LogP contribution in [0.5, 0.6) is 0 Å². The minimum absolute atomic E-state index is 0.0358. The number of piperidine rings is 1. The van der Waals surface area contributed by atoms with Crippen LogP contribution in [0.15, 0.2) is 0 Å². The molecule has 2 saturated heterocycles. The molecule has 2 rings (SSSR count). The number of rotatable bonds is 0. The van der Waals surface area contributed by atoms with Crippen molar-refractivity contribution in [1.82, 2.24) is 4.90 Å². The largest absolute Gasteiger partial charge is 0.389 e. The zero-order valence-corrected chi connectivity index (χ0v) is 9.01. The Morgan fingerprint density at radius 2 is 2.00 bits per heavy atom. The maximum Gasteiger partial charge on any atom is 0.0748 e. The van der Waals surface area contributed by atoms with E-state index >= 15 is 0 Å². The normalized spacial score (nSPS) is 45.2. The molecule has 2 aliphatic rings. The van der Waals surface area contributed by atoms with Gasteiger partial charge in [0.2, 0.25) is 0 Å². The van der Waals surface area contributed by atoms with Gasteiger partial charge in [0.1, 0.15) is 0 Å². The highest BCUT2D eigenvalue weighted by Crippen LogP contribution is 2.46. The number of hydrogen-bond donors (Lipinski definition) is 1. The molecule has 0 aromatic rings. The predicted molar refractivity (Wildman–Crippen MR) is 53.6 cm³/mol. The van der Waals surface area contributed by atoms with Crippen LogP contribution in [0.1, 0.15) is 33.6 Å². The third-order valence-corrected chi connectivity index (χ3v) is 4.06. The third-order valence-electron chi connectivity index (χ3n) is 4.06. The zero-order chi connectivity index (χ0) is 9.69. The number of nitrogens with zero attached hydrogens (tertiary/aromatic N) is 1. The van der Waals surface area contributed by atoms with Gasteiger partial charge in [0.05, 0.1) is 5.60 Å². The Hall–Kier alpha value is -0.0800. The van der Waals surface area contributed by atoms with E-state index in [0.717, 1.165) is 19.5 Å². The van der Waals surface area contributed by atoms with Gasteiger partial charge < -0.3 is 10.0 Å². The fourth-order valence-electron chi connectivity index (χ4n) is 2.95. The quantitative estimate of drug-likeness (QED) is 0.615. The first kappa shape index (κ1) is 9.47. The van der Waals surface area contributed by atoms with Crippen molar-refractivity contribution in [2.45, 2.75) is 39.2 Å². The molecule has 3 unspecified atom stereocenters. The molecule has 2 aliphatic heterocycles. The molecule has 2 nitrogen and oxygen atoms in total. The summed E-state index contributed by atoms with van der Waals surface area (Å²) < 4.78 is 0. The van der Waals surface area contributed by atoms with Gasteiger partial charge in [0, 0.05) is 19.0 Å². The highest BCUT2D eigenvalue weighted by molar-refractivity contribution is 5.03. The van der Waals surface area contributed by atoms with Crippen molar-refractivity contribution in [3.05, 3.63) is 0 Å². The molecule has 2 heteroatoms. The number of aliphatic hydroxyl groups is 1. The lowest BCUT2D eigenvalue weighted by atomic mass is 9.66. The minimum atomic E-state index is -0.417. The van der Waals surface area contributed by atoms with E-state index in [2.05, 4.69) is 25.7 Å². The van der Waals surface area contributed by atoms with Gasteiger partial charge in [-0.15, -0.1) is 0 Å². The third kappa shape index (κ3) is 1.31. The molecular weight excluding hydrogens is 162 g/mol.